The summed E-state index contributed by atoms with van der Waals surface area (Å²) in [4.78, 5) is 27.2. The van der Waals surface area contributed by atoms with Crippen molar-refractivity contribution in [1.82, 2.24) is 10.2 Å². The number of hydrogen-bond donors (Lipinski definition) is 1. The van der Waals surface area contributed by atoms with Gasteiger partial charge in [-0.05, 0) is 37.0 Å². The van der Waals surface area contributed by atoms with E-state index in [1.165, 1.54) is 4.31 Å². The number of rotatable bonds is 12. The second-order valence-corrected chi connectivity index (χ2v) is 9.54. The molecule has 0 aliphatic carbocycles. The minimum Gasteiger partial charge on any atom is -0.357 e. The fourth-order valence-corrected chi connectivity index (χ4v) is 4.63. The van der Waals surface area contributed by atoms with Gasteiger partial charge in [0.2, 0.25) is 21.8 Å². The van der Waals surface area contributed by atoms with Gasteiger partial charge in [-0.2, -0.15) is 0 Å². The van der Waals surface area contributed by atoms with Gasteiger partial charge in [0.1, 0.15) is 6.04 Å². The molecule has 0 aliphatic rings. The van der Waals surface area contributed by atoms with Crippen molar-refractivity contribution in [3.63, 3.8) is 0 Å². The Kier molecular flexibility index (Phi) is 9.71. The average Bonchev–Trinajstić information content (AvgIpc) is 2.79. The SMILES string of the molecule is CCC(C(=O)NC)N(CCc1ccccc1)C(=O)CCCN(c1ccccc1)S(C)(=O)=O. The maximum absolute atomic E-state index is 13.1. The Labute approximate surface area is 191 Å². The molecule has 174 valence electrons. The molecule has 7 nitrogen and oxygen atoms in total. The molecule has 0 aliphatic heterocycles. The van der Waals surface area contributed by atoms with Crippen molar-refractivity contribution in [3.8, 4) is 0 Å². The van der Waals surface area contributed by atoms with Crippen molar-refractivity contribution in [2.45, 2.75) is 38.6 Å². The first kappa shape index (κ1) is 25.4. The molecule has 1 N–H and O–H groups in total. The zero-order valence-corrected chi connectivity index (χ0v) is 19.8. The van der Waals surface area contributed by atoms with Crippen LogP contribution < -0.4 is 9.62 Å². The molecule has 2 aromatic carbocycles. The van der Waals surface area contributed by atoms with E-state index in [1.54, 1.807) is 36.2 Å². The number of likely N-dealkylation sites (N-methyl/N-ethyl adjacent to an activating group) is 1. The van der Waals surface area contributed by atoms with Gasteiger partial charge in [-0.25, -0.2) is 8.42 Å². The summed E-state index contributed by atoms with van der Waals surface area (Å²) in [7, 11) is -1.91. The van der Waals surface area contributed by atoms with Gasteiger partial charge < -0.3 is 10.2 Å². The van der Waals surface area contributed by atoms with Crippen molar-refractivity contribution in [2.75, 3.05) is 30.7 Å². The third-order valence-corrected chi connectivity index (χ3v) is 6.51. The number of carbonyl (C=O) groups is 2. The molecule has 2 amide bonds. The quantitative estimate of drug-likeness (QED) is 0.529. The van der Waals surface area contributed by atoms with E-state index in [1.807, 2.05) is 43.3 Å². The van der Waals surface area contributed by atoms with E-state index in [4.69, 9.17) is 0 Å². The Balaban J connectivity index is 2.09. The molecule has 0 saturated heterocycles. The van der Waals surface area contributed by atoms with Gasteiger partial charge in [0, 0.05) is 26.6 Å². The zero-order chi connectivity index (χ0) is 23.6. The number of benzene rings is 2. The maximum atomic E-state index is 13.1. The molecule has 0 aromatic heterocycles. The normalized spacial score (nSPS) is 12.1. The van der Waals surface area contributed by atoms with Crippen molar-refractivity contribution in [2.24, 2.45) is 0 Å². The highest BCUT2D eigenvalue weighted by molar-refractivity contribution is 7.92. The van der Waals surface area contributed by atoms with E-state index >= 15 is 0 Å². The molecule has 1 atom stereocenters. The van der Waals surface area contributed by atoms with Gasteiger partial charge in [-0.3, -0.25) is 13.9 Å². The number of sulfonamides is 1. The number of para-hydroxylation sites is 1. The van der Waals surface area contributed by atoms with Crippen LogP contribution in [0.15, 0.2) is 60.7 Å². The minimum absolute atomic E-state index is 0.154. The van der Waals surface area contributed by atoms with E-state index in [0.29, 0.717) is 31.5 Å². The van der Waals surface area contributed by atoms with E-state index < -0.39 is 16.1 Å². The van der Waals surface area contributed by atoms with Crippen molar-refractivity contribution in [3.05, 3.63) is 66.2 Å². The van der Waals surface area contributed by atoms with Crippen LogP contribution in [0.1, 0.15) is 31.7 Å². The molecule has 2 aromatic rings. The number of hydrogen-bond acceptors (Lipinski definition) is 4. The third kappa shape index (κ3) is 7.37. The fraction of sp³-hybridized carbons (Fsp3) is 0.417. The summed E-state index contributed by atoms with van der Waals surface area (Å²) in [6.07, 6.45) is 2.81. The first-order chi connectivity index (χ1) is 15.3. The second-order valence-electron chi connectivity index (χ2n) is 7.64. The Morgan fingerprint density at radius 1 is 0.969 bits per heavy atom. The van der Waals surface area contributed by atoms with Crippen LogP contribution in [0.4, 0.5) is 5.69 Å². The number of nitrogens with one attached hydrogen (secondary N) is 1. The Bertz CT molecular complexity index is 965. The lowest BCUT2D eigenvalue weighted by molar-refractivity contribution is -0.140. The van der Waals surface area contributed by atoms with Gasteiger partial charge in [-0.1, -0.05) is 55.5 Å². The topological polar surface area (TPSA) is 86.8 Å². The summed E-state index contributed by atoms with van der Waals surface area (Å²) in [5.41, 5.74) is 1.66. The van der Waals surface area contributed by atoms with E-state index in [-0.39, 0.29) is 24.8 Å². The van der Waals surface area contributed by atoms with Crippen molar-refractivity contribution < 1.29 is 18.0 Å². The lowest BCUT2D eigenvalue weighted by Crippen LogP contribution is -2.49. The molecule has 0 radical (unpaired) electrons. The fourth-order valence-electron chi connectivity index (χ4n) is 3.66. The molecule has 0 spiro atoms. The van der Waals surface area contributed by atoms with E-state index in [9.17, 15) is 18.0 Å². The van der Waals surface area contributed by atoms with Crippen LogP contribution in [-0.2, 0) is 26.0 Å². The Morgan fingerprint density at radius 3 is 2.09 bits per heavy atom. The van der Waals surface area contributed by atoms with Gasteiger partial charge >= 0.3 is 0 Å². The molecule has 0 fully saturated rings. The lowest BCUT2D eigenvalue weighted by Gasteiger charge is -2.30. The standard InChI is InChI=1S/C24H33N3O4S/c1-4-22(24(29)25-2)26(19-17-20-12-7-5-8-13-20)23(28)16-11-18-27(32(3,30)31)21-14-9-6-10-15-21/h5-10,12-15,22H,4,11,16-19H2,1-3H3,(H,25,29). The van der Waals surface area contributed by atoms with Crippen molar-refractivity contribution in [1.29, 1.82) is 0 Å². The van der Waals surface area contributed by atoms with Gasteiger partial charge in [0.25, 0.3) is 0 Å². The highest BCUT2D eigenvalue weighted by Gasteiger charge is 2.27. The molecule has 8 heteroatoms. The predicted molar refractivity (Wildman–Crippen MR) is 128 cm³/mol. The molecule has 0 saturated carbocycles. The summed E-state index contributed by atoms with van der Waals surface area (Å²) >= 11 is 0. The minimum atomic E-state index is -3.48. The smallest absolute Gasteiger partial charge is 0.242 e. The molecule has 32 heavy (non-hydrogen) atoms. The predicted octanol–water partition coefficient (Wildman–Crippen LogP) is 2.83. The number of nitrogens with zero attached hydrogens (tertiary/aromatic N) is 2. The van der Waals surface area contributed by atoms with Crippen LogP contribution in [0.5, 0.6) is 0 Å². The first-order valence-corrected chi connectivity index (χ1v) is 12.7. The highest BCUT2D eigenvalue weighted by Crippen LogP contribution is 2.18. The lowest BCUT2D eigenvalue weighted by atomic mass is 10.1. The van der Waals surface area contributed by atoms with Crippen LogP contribution in [0.3, 0.4) is 0 Å². The van der Waals surface area contributed by atoms with Crippen LogP contribution in [-0.4, -0.2) is 57.6 Å². The maximum Gasteiger partial charge on any atom is 0.242 e. The van der Waals surface area contributed by atoms with E-state index in [2.05, 4.69) is 5.32 Å². The summed E-state index contributed by atoms with van der Waals surface area (Å²) in [6.45, 7) is 2.49. The van der Waals surface area contributed by atoms with Crippen LogP contribution >= 0.6 is 0 Å². The van der Waals surface area contributed by atoms with Gasteiger partial charge in [-0.15, -0.1) is 0 Å². The molecular formula is C24H33N3O4S. The molecule has 0 heterocycles. The van der Waals surface area contributed by atoms with Crippen molar-refractivity contribution >= 4 is 27.5 Å². The Morgan fingerprint density at radius 2 is 1.56 bits per heavy atom. The summed E-state index contributed by atoms with van der Waals surface area (Å²) in [5, 5.41) is 2.64. The summed E-state index contributed by atoms with van der Waals surface area (Å²) < 4.78 is 25.8. The highest BCUT2D eigenvalue weighted by atomic mass is 32.2. The molecule has 1 unspecified atom stereocenters. The summed E-state index contributed by atoms with van der Waals surface area (Å²) in [6, 6.07) is 18.1. The second kappa shape index (κ2) is 12.2. The number of carbonyl (C=O) groups excluding carboxylic acids is 2. The molecule has 0 bridgehead atoms. The monoisotopic (exact) mass is 459 g/mol. The van der Waals surface area contributed by atoms with Gasteiger partial charge in [0.05, 0.1) is 11.9 Å². The first-order valence-electron chi connectivity index (χ1n) is 10.9. The van der Waals surface area contributed by atoms with E-state index in [0.717, 1.165) is 11.8 Å². The largest absolute Gasteiger partial charge is 0.357 e. The van der Waals surface area contributed by atoms with Crippen LogP contribution in [0.2, 0.25) is 0 Å². The third-order valence-electron chi connectivity index (χ3n) is 5.31. The number of anilines is 1. The van der Waals surface area contributed by atoms with Crippen LogP contribution in [0.25, 0.3) is 0 Å². The number of amides is 2. The Hall–Kier alpha value is -2.87. The van der Waals surface area contributed by atoms with Gasteiger partial charge in [0.15, 0.2) is 0 Å². The molecule has 2 rings (SSSR count). The molecular weight excluding hydrogens is 426 g/mol. The summed E-state index contributed by atoms with van der Waals surface area (Å²) in [5.74, 6) is -0.353. The zero-order valence-electron chi connectivity index (χ0n) is 19.0. The average molecular weight is 460 g/mol. The van der Waals surface area contributed by atoms with Crippen LogP contribution in [0, 0.1) is 0 Å².